The number of aryl methyl sites for hydroxylation is 1. The van der Waals surface area contributed by atoms with E-state index < -0.39 is 0 Å². The summed E-state index contributed by atoms with van der Waals surface area (Å²) in [7, 11) is 0. The molecule has 1 aliphatic carbocycles. The fourth-order valence-corrected chi connectivity index (χ4v) is 2.54. The van der Waals surface area contributed by atoms with Crippen LogP contribution in [0.5, 0.6) is 0 Å². The zero-order valence-electron chi connectivity index (χ0n) is 10.3. The van der Waals surface area contributed by atoms with Crippen molar-refractivity contribution >= 4 is 5.91 Å². The third kappa shape index (κ3) is 2.26. The number of rotatable bonds is 2. The van der Waals surface area contributed by atoms with E-state index in [9.17, 15) is 4.79 Å². The highest BCUT2D eigenvalue weighted by Crippen LogP contribution is 2.36. The molecule has 0 spiro atoms. The molecule has 2 heteroatoms. The number of benzene rings is 1. The average molecular weight is 217 g/mol. The Balaban J connectivity index is 2.11. The first kappa shape index (κ1) is 11.2. The minimum Gasteiger partial charge on any atom is -0.356 e. The molecule has 0 saturated carbocycles. The summed E-state index contributed by atoms with van der Waals surface area (Å²) in [6.07, 6.45) is 2.15. The van der Waals surface area contributed by atoms with Crippen molar-refractivity contribution < 1.29 is 4.79 Å². The van der Waals surface area contributed by atoms with Crippen molar-refractivity contribution in [3.63, 3.8) is 0 Å². The summed E-state index contributed by atoms with van der Waals surface area (Å²) < 4.78 is 0. The second-order valence-electron chi connectivity index (χ2n) is 5.35. The molecular weight excluding hydrogens is 198 g/mol. The van der Waals surface area contributed by atoms with Gasteiger partial charge in [0.05, 0.1) is 0 Å². The second-order valence-corrected chi connectivity index (χ2v) is 5.35. The summed E-state index contributed by atoms with van der Waals surface area (Å²) in [6.45, 7) is 6.73. The number of hydrogen-bond donors (Lipinski definition) is 1. The highest BCUT2D eigenvalue weighted by Gasteiger charge is 2.32. The number of fused-ring (bicyclic) bond motifs is 1. The van der Waals surface area contributed by atoms with Gasteiger partial charge < -0.3 is 5.32 Å². The predicted octanol–water partition coefficient (Wildman–Crippen LogP) is 2.24. The van der Waals surface area contributed by atoms with Crippen molar-refractivity contribution in [2.75, 3.05) is 6.54 Å². The van der Waals surface area contributed by atoms with E-state index in [0.29, 0.717) is 0 Å². The van der Waals surface area contributed by atoms with Crippen molar-refractivity contribution in [2.24, 2.45) is 5.41 Å². The van der Waals surface area contributed by atoms with Crippen LogP contribution in [0, 0.1) is 12.3 Å². The third-order valence-corrected chi connectivity index (χ3v) is 3.36. The van der Waals surface area contributed by atoms with Crippen LogP contribution in [0.15, 0.2) is 18.2 Å². The quantitative estimate of drug-likeness (QED) is 0.808. The molecule has 0 heterocycles. The van der Waals surface area contributed by atoms with Crippen molar-refractivity contribution in [1.82, 2.24) is 5.32 Å². The van der Waals surface area contributed by atoms with Gasteiger partial charge in [0.15, 0.2) is 0 Å². The van der Waals surface area contributed by atoms with Gasteiger partial charge in [-0.05, 0) is 36.3 Å². The number of hydrogen-bond acceptors (Lipinski definition) is 1. The number of amides is 1. The minimum atomic E-state index is 0.0633. The molecule has 0 bridgehead atoms. The normalized spacial score (nSPS) is 22.9. The summed E-state index contributed by atoms with van der Waals surface area (Å²) in [6, 6.07) is 6.67. The van der Waals surface area contributed by atoms with E-state index in [4.69, 9.17) is 0 Å². The smallest absolute Gasteiger partial charge is 0.216 e. The standard InChI is InChI=1S/C14H19NO/c1-10-4-5-12-7-14(3,8-13(12)6-10)9-15-11(2)16/h4-6H,7-9H2,1-3H3,(H,15,16). The molecule has 86 valence electrons. The van der Waals surface area contributed by atoms with E-state index in [-0.39, 0.29) is 11.3 Å². The molecule has 0 saturated heterocycles. The topological polar surface area (TPSA) is 29.1 Å². The molecule has 1 unspecified atom stereocenters. The molecule has 1 amide bonds. The third-order valence-electron chi connectivity index (χ3n) is 3.36. The maximum Gasteiger partial charge on any atom is 0.216 e. The van der Waals surface area contributed by atoms with Crippen LogP contribution >= 0.6 is 0 Å². The number of nitrogens with one attached hydrogen (secondary N) is 1. The van der Waals surface area contributed by atoms with Gasteiger partial charge in [0.2, 0.25) is 5.91 Å². The van der Waals surface area contributed by atoms with E-state index in [1.807, 2.05) is 0 Å². The fourth-order valence-electron chi connectivity index (χ4n) is 2.54. The van der Waals surface area contributed by atoms with Crippen LogP contribution in [0.4, 0.5) is 0 Å². The Morgan fingerprint density at radius 2 is 2.06 bits per heavy atom. The first-order valence-corrected chi connectivity index (χ1v) is 5.81. The Hall–Kier alpha value is -1.31. The Morgan fingerprint density at radius 3 is 2.75 bits per heavy atom. The van der Waals surface area contributed by atoms with Gasteiger partial charge in [0.1, 0.15) is 0 Å². The first-order valence-electron chi connectivity index (χ1n) is 5.81. The molecule has 1 atom stereocenters. The molecule has 1 aromatic rings. The molecule has 1 N–H and O–H groups in total. The van der Waals surface area contributed by atoms with Crippen LogP contribution in [-0.2, 0) is 17.6 Å². The maximum atomic E-state index is 11.0. The highest BCUT2D eigenvalue weighted by molar-refractivity contribution is 5.72. The van der Waals surface area contributed by atoms with Gasteiger partial charge in [-0.25, -0.2) is 0 Å². The zero-order valence-corrected chi connectivity index (χ0v) is 10.3. The van der Waals surface area contributed by atoms with Crippen molar-refractivity contribution in [2.45, 2.75) is 33.6 Å². The maximum absolute atomic E-state index is 11.0. The lowest BCUT2D eigenvalue weighted by atomic mass is 9.87. The molecule has 1 aromatic carbocycles. The van der Waals surface area contributed by atoms with Crippen LogP contribution in [0.25, 0.3) is 0 Å². The van der Waals surface area contributed by atoms with Gasteiger partial charge in [-0.1, -0.05) is 30.7 Å². The zero-order chi connectivity index (χ0) is 11.8. The van der Waals surface area contributed by atoms with Gasteiger partial charge in [-0.15, -0.1) is 0 Å². The molecular formula is C14H19NO. The summed E-state index contributed by atoms with van der Waals surface area (Å²) in [5.41, 5.74) is 4.41. The number of carbonyl (C=O) groups excluding carboxylic acids is 1. The lowest BCUT2D eigenvalue weighted by molar-refractivity contribution is -0.119. The van der Waals surface area contributed by atoms with Crippen molar-refractivity contribution in [3.05, 3.63) is 34.9 Å². The van der Waals surface area contributed by atoms with Crippen molar-refractivity contribution in [3.8, 4) is 0 Å². The SMILES string of the molecule is CC(=O)NCC1(C)Cc2ccc(C)cc2C1. The first-order chi connectivity index (χ1) is 7.48. The minimum absolute atomic E-state index is 0.0633. The van der Waals surface area contributed by atoms with E-state index in [1.165, 1.54) is 16.7 Å². The molecule has 0 radical (unpaired) electrons. The Labute approximate surface area is 97.1 Å². The largest absolute Gasteiger partial charge is 0.356 e. The number of carbonyl (C=O) groups is 1. The average Bonchev–Trinajstić information content (AvgIpc) is 2.51. The van der Waals surface area contributed by atoms with E-state index in [2.05, 4.69) is 37.4 Å². The van der Waals surface area contributed by atoms with Crippen LogP contribution in [-0.4, -0.2) is 12.5 Å². The van der Waals surface area contributed by atoms with E-state index in [1.54, 1.807) is 6.92 Å². The molecule has 0 aliphatic heterocycles. The van der Waals surface area contributed by atoms with Crippen LogP contribution in [0.1, 0.15) is 30.5 Å². The molecule has 16 heavy (non-hydrogen) atoms. The monoisotopic (exact) mass is 217 g/mol. The van der Waals surface area contributed by atoms with Gasteiger partial charge in [-0.2, -0.15) is 0 Å². The van der Waals surface area contributed by atoms with E-state index in [0.717, 1.165) is 19.4 Å². The highest BCUT2D eigenvalue weighted by atomic mass is 16.1. The van der Waals surface area contributed by atoms with Crippen LogP contribution < -0.4 is 5.32 Å². The van der Waals surface area contributed by atoms with Gasteiger partial charge >= 0.3 is 0 Å². The Kier molecular flexibility index (Phi) is 2.75. The van der Waals surface area contributed by atoms with Gasteiger partial charge in [-0.3, -0.25) is 4.79 Å². The fraction of sp³-hybridized carbons (Fsp3) is 0.500. The Bertz CT molecular complexity index is 425. The second kappa shape index (κ2) is 3.93. The van der Waals surface area contributed by atoms with Crippen LogP contribution in [0.3, 0.4) is 0 Å². The predicted molar refractivity (Wildman–Crippen MR) is 65.4 cm³/mol. The summed E-state index contributed by atoms with van der Waals surface area (Å²) in [5.74, 6) is 0.0633. The molecule has 0 fully saturated rings. The summed E-state index contributed by atoms with van der Waals surface area (Å²) in [5, 5.41) is 2.94. The van der Waals surface area contributed by atoms with Gasteiger partial charge in [0, 0.05) is 13.5 Å². The van der Waals surface area contributed by atoms with E-state index >= 15 is 0 Å². The molecule has 2 rings (SSSR count). The van der Waals surface area contributed by atoms with Crippen LogP contribution in [0.2, 0.25) is 0 Å². The molecule has 1 aliphatic rings. The summed E-state index contributed by atoms with van der Waals surface area (Å²) in [4.78, 5) is 11.0. The lowest BCUT2D eigenvalue weighted by Gasteiger charge is -2.23. The lowest BCUT2D eigenvalue weighted by Crippen LogP contribution is -2.35. The molecule has 2 nitrogen and oxygen atoms in total. The molecule has 0 aromatic heterocycles. The van der Waals surface area contributed by atoms with Crippen molar-refractivity contribution in [1.29, 1.82) is 0 Å². The summed E-state index contributed by atoms with van der Waals surface area (Å²) >= 11 is 0. The van der Waals surface area contributed by atoms with Gasteiger partial charge in [0.25, 0.3) is 0 Å². The Morgan fingerprint density at radius 1 is 1.38 bits per heavy atom.